The molecule has 0 bridgehead atoms. The molecule has 0 radical (unpaired) electrons. The van der Waals surface area contributed by atoms with Gasteiger partial charge in [0.2, 0.25) is 0 Å². The van der Waals surface area contributed by atoms with Gasteiger partial charge in [0.1, 0.15) is 11.6 Å². The van der Waals surface area contributed by atoms with Crippen molar-refractivity contribution >= 4 is 5.78 Å². The van der Waals surface area contributed by atoms with E-state index in [-0.39, 0.29) is 5.78 Å². The van der Waals surface area contributed by atoms with Crippen molar-refractivity contribution in [3.05, 3.63) is 18.2 Å². The first-order valence-corrected chi connectivity index (χ1v) is 5.23. The molecule has 0 saturated carbocycles. The molecular formula is C11H19N3O. The molecule has 0 saturated heterocycles. The summed E-state index contributed by atoms with van der Waals surface area (Å²) in [4.78, 5) is 15.8. The Balaban J connectivity index is 2.59. The molecule has 0 spiro atoms. The molecule has 0 aliphatic rings. The third kappa shape index (κ3) is 3.83. The minimum Gasteiger partial charge on any atom is -0.335 e. The van der Waals surface area contributed by atoms with Crippen LogP contribution in [0.1, 0.15) is 33.0 Å². The molecular weight excluding hydrogens is 190 g/mol. The zero-order valence-corrected chi connectivity index (χ0v) is 9.66. The predicted octanol–water partition coefficient (Wildman–Crippen LogP) is 1.14. The zero-order chi connectivity index (χ0) is 11.5. The molecule has 0 fully saturated rings. The van der Waals surface area contributed by atoms with Crippen molar-refractivity contribution < 1.29 is 4.79 Å². The van der Waals surface area contributed by atoms with Gasteiger partial charge in [-0.2, -0.15) is 0 Å². The van der Waals surface area contributed by atoms with Gasteiger partial charge in [0.25, 0.3) is 0 Å². The minimum atomic E-state index is -0.430. The van der Waals surface area contributed by atoms with Crippen LogP contribution < -0.4 is 5.73 Å². The summed E-state index contributed by atoms with van der Waals surface area (Å²) in [6.07, 6.45) is 4.38. The standard InChI is InChI=1S/C11H19N3O/c1-4-14-6-5-13-10(14)7-9(15)8-11(2,3)12/h5-6H,4,7-8,12H2,1-3H3. The van der Waals surface area contributed by atoms with Crippen molar-refractivity contribution in [2.75, 3.05) is 0 Å². The van der Waals surface area contributed by atoms with E-state index in [9.17, 15) is 4.79 Å². The van der Waals surface area contributed by atoms with Crippen LogP contribution >= 0.6 is 0 Å². The summed E-state index contributed by atoms with van der Waals surface area (Å²) in [6, 6.07) is 0. The van der Waals surface area contributed by atoms with Crippen molar-refractivity contribution in [3.63, 3.8) is 0 Å². The van der Waals surface area contributed by atoms with Gasteiger partial charge in [0.05, 0.1) is 6.42 Å². The van der Waals surface area contributed by atoms with Gasteiger partial charge >= 0.3 is 0 Å². The maximum Gasteiger partial charge on any atom is 0.142 e. The summed E-state index contributed by atoms with van der Waals surface area (Å²) < 4.78 is 1.97. The number of Topliss-reactive ketones (excluding diaryl/α,β-unsaturated/α-hetero) is 1. The highest BCUT2D eigenvalue weighted by molar-refractivity contribution is 5.81. The van der Waals surface area contributed by atoms with Gasteiger partial charge < -0.3 is 10.3 Å². The fraction of sp³-hybridized carbons (Fsp3) is 0.636. The smallest absolute Gasteiger partial charge is 0.142 e. The average molecular weight is 209 g/mol. The molecule has 2 N–H and O–H groups in total. The lowest BCUT2D eigenvalue weighted by molar-refractivity contribution is -0.119. The van der Waals surface area contributed by atoms with Crippen LogP contribution in [-0.4, -0.2) is 20.9 Å². The summed E-state index contributed by atoms with van der Waals surface area (Å²) in [5.74, 6) is 0.968. The van der Waals surface area contributed by atoms with Crippen LogP contribution in [-0.2, 0) is 17.8 Å². The van der Waals surface area contributed by atoms with E-state index < -0.39 is 5.54 Å². The predicted molar refractivity (Wildman–Crippen MR) is 59.5 cm³/mol. The Morgan fingerprint density at radius 1 is 1.60 bits per heavy atom. The van der Waals surface area contributed by atoms with Gasteiger partial charge in [-0.05, 0) is 20.8 Å². The molecule has 0 aromatic carbocycles. The Morgan fingerprint density at radius 2 is 2.27 bits per heavy atom. The Bertz CT molecular complexity index is 336. The number of rotatable bonds is 5. The summed E-state index contributed by atoms with van der Waals surface area (Å²) >= 11 is 0. The number of carbonyl (C=O) groups excluding carboxylic acids is 1. The number of aryl methyl sites for hydroxylation is 1. The third-order valence-corrected chi connectivity index (χ3v) is 2.15. The van der Waals surface area contributed by atoms with E-state index in [1.807, 2.05) is 31.5 Å². The van der Waals surface area contributed by atoms with Crippen LogP contribution in [0.5, 0.6) is 0 Å². The number of carbonyl (C=O) groups is 1. The summed E-state index contributed by atoms with van der Waals surface area (Å²) in [5, 5.41) is 0. The summed E-state index contributed by atoms with van der Waals surface area (Å²) in [7, 11) is 0. The van der Waals surface area contributed by atoms with Crippen LogP contribution in [0.2, 0.25) is 0 Å². The van der Waals surface area contributed by atoms with E-state index in [0.717, 1.165) is 12.4 Å². The number of hydrogen-bond acceptors (Lipinski definition) is 3. The lowest BCUT2D eigenvalue weighted by atomic mass is 9.98. The maximum absolute atomic E-state index is 11.7. The van der Waals surface area contributed by atoms with Gasteiger partial charge in [-0.1, -0.05) is 0 Å². The van der Waals surface area contributed by atoms with Gasteiger partial charge in [0.15, 0.2) is 0 Å². The number of imidazole rings is 1. The first-order valence-electron chi connectivity index (χ1n) is 5.23. The maximum atomic E-state index is 11.7. The number of ketones is 1. The molecule has 0 aliphatic carbocycles. The van der Waals surface area contributed by atoms with Gasteiger partial charge in [-0.3, -0.25) is 4.79 Å². The zero-order valence-electron chi connectivity index (χ0n) is 9.66. The lowest BCUT2D eigenvalue weighted by Crippen LogP contribution is -2.35. The van der Waals surface area contributed by atoms with E-state index >= 15 is 0 Å². The highest BCUT2D eigenvalue weighted by Gasteiger charge is 2.17. The third-order valence-electron chi connectivity index (χ3n) is 2.15. The molecule has 0 unspecified atom stereocenters. The van der Waals surface area contributed by atoms with Crippen molar-refractivity contribution in [1.82, 2.24) is 9.55 Å². The Labute approximate surface area is 90.5 Å². The molecule has 0 amide bonds. The second kappa shape index (κ2) is 4.57. The van der Waals surface area contributed by atoms with Crippen molar-refractivity contribution in [2.45, 2.75) is 45.7 Å². The lowest BCUT2D eigenvalue weighted by Gasteiger charge is -2.16. The van der Waals surface area contributed by atoms with E-state index in [2.05, 4.69) is 4.98 Å². The van der Waals surface area contributed by atoms with Gasteiger partial charge in [0, 0.05) is 30.9 Å². The highest BCUT2D eigenvalue weighted by Crippen LogP contribution is 2.08. The summed E-state index contributed by atoms with van der Waals surface area (Å²) in [5.41, 5.74) is 5.36. The average Bonchev–Trinajstić information content (AvgIpc) is 2.48. The molecule has 1 heterocycles. The van der Waals surface area contributed by atoms with Crippen LogP contribution in [0.15, 0.2) is 12.4 Å². The fourth-order valence-corrected chi connectivity index (χ4v) is 1.54. The second-order valence-corrected chi connectivity index (χ2v) is 4.51. The topological polar surface area (TPSA) is 60.9 Å². The van der Waals surface area contributed by atoms with Crippen LogP contribution in [0, 0.1) is 0 Å². The van der Waals surface area contributed by atoms with E-state index in [4.69, 9.17) is 5.73 Å². The SMILES string of the molecule is CCn1ccnc1CC(=O)CC(C)(C)N. The molecule has 1 rings (SSSR count). The largest absolute Gasteiger partial charge is 0.335 e. The van der Waals surface area contributed by atoms with E-state index in [0.29, 0.717) is 12.8 Å². The van der Waals surface area contributed by atoms with E-state index in [1.54, 1.807) is 6.20 Å². The first-order chi connectivity index (χ1) is 6.92. The molecule has 0 atom stereocenters. The Kier molecular flexibility index (Phi) is 3.63. The van der Waals surface area contributed by atoms with Crippen molar-refractivity contribution in [1.29, 1.82) is 0 Å². The van der Waals surface area contributed by atoms with Gasteiger partial charge in [-0.15, -0.1) is 0 Å². The molecule has 4 heteroatoms. The molecule has 1 aromatic heterocycles. The summed E-state index contributed by atoms with van der Waals surface area (Å²) in [6.45, 7) is 6.59. The Hall–Kier alpha value is -1.16. The number of nitrogens with two attached hydrogens (primary N) is 1. The van der Waals surface area contributed by atoms with E-state index in [1.165, 1.54) is 0 Å². The fourth-order valence-electron chi connectivity index (χ4n) is 1.54. The Morgan fingerprint density at radius 3 is 2.80 bits per heavy atom. The second-order valence-electron chi connectivity index (χ2n) is 4.51. The molecule has 1 aromatic rings. The monoisotopic (exact) mass is 209 g/mol. The first kappa shape index (κ1) is 11.9. The van der Waals surface area contributed by atoms with Crippen molar-refractivity contribution in [2.24, 2.45) is 5.73 Å². The normalized spacial score (nSPS) is 11.7. The molecule has 0 aliphatic heterocycles. The molecule has 4 nitrogen and oxygen atoms in total. The number of aromatic nitrogens is 2. The van der Waals surface area contributed by atoms with Gasteiger partial charge in [-0.25, -0.2) is 4.98 Å². The molecule has 15 heavy (non-hydrogen) atoms. The quantitative estimate of drug-likeness (QED) is 0.791. The van der Waals surface area contributed by atoms with Crippen LogP contribution in [0.3, 0.4) is 0 Å². The van der Waals surface area contributed by atoms with Crippen LogP contribution in [0.4, 0.5) is 0 Å². The number of hydrogen-bond donors (Lipinski definition) is 1. The highest BCUT2D eigenvalue weighted by atomic mass is 16.1. The minimum absolute atomic E-state index is 0.142. The molecule has 84 valence electrons. The number of nitrogens with zero attached hydrogens (tertiary/aromatic N) is 2. The van der Waals surface area contributed by atoms with Crippen LogP contribution in [0.25, 0.3) is 0 Å². The van der Waals surface area contributed by atoms with Crippen molar-refractivity contribution in [3.8, 4) is 0 Å².